The second-order valence-corrected chi connectivity index (χ2v) is 14.6. The minimum atomic E-state index is -0.604. The molecule has 250 valence electrons. The van der Waals surface area contributed by atoms with Gasteiger partial charge in [-0.1, -0.05) is 83.3 Å². The van der Waals surface area contributed by atoms with Gasteiger partial charge in [-0.05, 0) is 61.1 Å². The SMILES string of the molecule is CC(=O)SC1CCN(C(C(=O)C2CC2)c2ccccc2F)C/C1=C\c1ccon1.CC(=O)SC1CCNC/C1=C\c1ccccc1.Cl. The van der Waals surface area contributed by atoms with Crippen LogP contribution in [0.4, 0.5) is 4.39 Å². The van der Waals surface area contributed by atoms with Crippen LogP contribution in [0.1, 0.15) is 62.4 Å². The number of ketones is 1. The third-order valence-electron chi connectivity index (χ3n) is 8.18. The molecule has 3 heterocycles. The van der Waals surface area contributed by atoms with Crippen LogP contribution in [0.25, 0.3) is 12.2 Å². The molecule has 1 aromatic heterocycles. The number of hydrogen-bond acceptors (Lipinski definition) is 9. The summed E-state index contributed by atoms with van der Waals surface area (Å²) in [5, 5.41) is 7.92. The van der Waals surface area contributed by atoms with E-state index >= 15 is 0 Å². The molecule has 1 saturated carbocycles. The summed E-state index contributed by atoms with van der Waals surface area (Å²) < 4.78 is 19.5. The van der Waals surface area contributed by atoms with Crippen LogP contribution in [0.5, 0.6) is 0 Å². The van der Waals surface area contributed by atoms with Crippen molar-refractivity contribution in [3.8, 4) is 0 Å². The van der Waals surface area contributed by atoms with Gasteiger partial charge in [0, 0.05) is 61.5 Å². The van der Waals surface area contributed by atoms with Crippen molar-refractivity contribution in [2.75, 3.05) is 26.2 Å². The van der Waals surface area contributed by atoms with Crippen LogP contribution in [0.3, 0.4) is 0 Å². The lowest BCUT2D eigenvalue weighted by Crippen LogP contribution is -2.43. The number of carbonyl (C=O) groups is 3. The van der Waals surface area contributed by atoms with Crippen LogP contribution >= 0.6 is 35.9 Å². The highest BCUT2D eigenvalue weighted by Gasteiger charge is 2.41. The van der Waals surface area contributed by atoms with E-state index in [2.05, 4.69) is 28.7 Å². The third kappa shape index (κ3) is 10.7. The van der Waals surface area contributed by atoms with E-state index in [9.17, 15) is 18.8 Å². The molecule has 0 bridgehead atoms. The maximum Gasteiger partial charge on any atom is 0.186 e. The first-order valence-corrected chi connectivity index (χ1v) is 17.5. The molecule has 11 heteroatoms. The minimum absolute atomic E-state index is 0. The van der Waals surface area contributed by atoms with Crippen LogP contribution in [-0.4, -0.2) is 62.7 Å². The van der Waals surface area contributed by atoms with E-state index in [0.717, 1.165) is 37.9 Å². The first-order chi connectivity index (χ1) is 22.3. The van der Waals surface area contributed by atoms with Crippen LogP contribution in [0.2, 0.25) is 0 Å². The number of likely N-dealkylation sites (tertiary alicyclic amines) is 1. The minimum Gasteiger partial charge on any atom is -0.364 e. The molecule has 2 aromatic carbocycles. The van der Waals surface area contributed by atoms with Crippen molar-refractivity contribution in [3.63, 3.8) is 0 Å². The highest BCUT2D eigenvalue weighted by atomic mass is 35.5. The van der Waals surface area contributed by atoms with Gasteiger partial charge in [0.25, 0.3) is 0 Å². The van der Waals surface area contributed by atoms with Crippen LogP contribution in [-0.2, 0) is 14.4 Å². The number of Topliss-reactive ketones (excluding diaryl/α,β-unsaturated/α-hetero) is 1. The fraction of sp³-hybridized carbons (Fsp3) is 0.389. The van der Waals surface area contributed by atoms with Gasteiger partial charge >= 0.3 is 0 Å². The highest BCUT2D eigenvalue weighted by Crippen LogP contribution is 2.40. The van der Waals surface area contributed by atoms with E-state index in [0.29, 0.717) is 36.0 Å². The Morgan fingerprint density at radius 3 is 2.23 bits per heavy atom. The van der Waals surface area contributed by atoms with Gasteiger partial charge in [-0.15, -0.1) is 12.4 Å². The largest absolute Gasteiger partial charge is 0.364 e. The van der Waals surface area contributed by atoms with Crippen molar-refractivity contribution in [1.82, 2.24) is 15.4 Å². The normalized spacial score (nSPS) is 22.1. The molecule has 3 unspecified atom stereocenters. The lowest BCUT2D eigenvalue weighted by molar-refractivity contribution is -0.126. The summed E-state index contributed by atoms with van der Waals surface area (Å²) in [4.78, 5) is 38.1. The molecule has 1 aliphatic carbocycles. The van der Waals surface area contributed by atoms with Crippen molar-refractivity contribution in [2.45, 2.75) is 56.1 Å². The predicted molar refractivity (Wildman–Crippen MR) is 191 cm³/mol. The maximum atomic E-state index is 14.6. The van der Waals surface area contributed by atoms with Gasteiger partial charge < -0.3 is 9.84 Å². The number of nitrogens with one attached hydrogen (secondary N) is 1. The number of hydrogen-bond donors (Lipinski definition) is 1. The van der Waals surface area contributed by atoms with E-state index in [4.69, 9.17) is 4.52 Å². The topological polar surface area (TPSA) is 92.5 Å². The number of piperidine rings is 2. The van der Waals surface area contributed by atoms with Crippen molar-refractivity contribution in [2.24, 2.45) is 5.92 Å². The first-order valence-electron chi connectivity index (χ1n) is 15.7. The van der Waals surface area contributed by atoms with Gasteiger partial charge in [-0.3, -0.25) is 19.3 Å². The summed E-state index contributed by atoms with van der Waals surface area (Å²) in [6.07, 6.45) is 9.10. The Kier molecular flexibility index (Phi) is 14.0. The number of benzene rings is 2. The lowest BCUT2D eigenvalue weighted by atomic mass is 9.93. The standard InChI is InChI=1S/C22H23FN2O3S.C14H17NOS.ClH/c1-14(26)29-20-8-10-25(13-16(20)12-17-9-11-28-24-17)21(22(27)15-6-7-15)18-4-2-3-5-19(18)23;1-11(16)17-14-7-8-15-10-13(14)9-12-5-3-2-4-6-12;/h2-5,9,11-12,15,20-21H,6-8,10,13H2,1H3;2-6,9,14-15H,7-8,10H2,1H3;1H/b16-12+;13-9+;. The molecule has 0 radical (unpaired) electrons. The first kappa shape index (κ1) is 36.8. The molecule has 2 aliphatic heterocycles. The lowest BCUT2D eigenvalue weighted by Gasteiger charge is -2.38. The number of halogens is 2. The summed E-state index contributed by atoms with van der Waals surface area (Å²) in [5.74, 6) is -0.241. The molecule has 47 heavy (non-hydrogen) atoms. The third-order valence-corrected chi connectivity index (χ3v) is 10.5. The quantitative estimate of drug-likeness (QED) is 0.258. The Balaban J connectivity index is 0.000000238. The Hall–Kier alpha value is -3.02. The van der Waals surface area contributed by atoms with Crippen molar-refractivity contribution in [3.05, 3.63) is 101 Å². The molecule has 0 amide bonds. The van der Waals surface area contributed by atoms with Gasteiger partial charge in [0.15, 0.2) is 16.0 Å². The maximum absolute atomic E-state index is 14.6. The second-order valence-electron chi connectivity index (χ2n) is 11.8. The molecule has 6 rings (SSSR count). The van der Waals surface area contributed by atoms with Crippen molar-refractivity contribution < 1.29 is 23.3 Å². The van der Waals surface area contributed by atoms with Crippen molar-refractivity contribution in [1.29, 1.82) is 0 Å². The summed E-state index contributed by atoms with van der Waals surface area (Å²) in [6.45, 7) is 6.20. The smallest absolute Gasteiger partial charge is 0.186 e. The molecule has 3 aliphatic rings. The van der Waals surface area contributed by atoms with Crippen LogP contribution in [0, 0.1) is 11.7 Å². The van der Waals surface area contributed by atoms with Crippen LogP contribution < -0.4 is 5.32 Å². The van der Waals surface area contributed by atoms with Gasteiger partial charge in [-0.25, -0.2) is 4.39 Å². The Morgan fingerprint density at radius 1 is 0.915 bits per heavy atom. The number of thioether (sulfide) groups is 2. The van der Waals surface area contributed by atoms with E-state index in [-0.39, 0.29) is 45.4 Å². The molecule has 3 atom stereocenters. The molecule has 1 N–H and O–H groups in total. The zero-order chi connectivity index (χ0) is 32.5. The fourth-order valence-corrected chi connectivity index (χ4v) is 7.75. The molecule has 0 spiro atoms. The molecule has 2 saturated heterocycles. The molecular formula is C36H41ClFN3O4S2. The Bertz CT molecular complexity index is 1560. The second kappa shape index (κ2) is 17.9. The molecule has 3 aromatic rings. The van der Waals surface area contributed by atoms with Gasteiger partial charge in [0.05, 0.1) is 6.04 Å². The summed E-state index contributed by atoms with van der Waals surface area (Å²) in [5.41, 5.74) is 4.63. The number of rotatable bonds is 8. The number of nitrogens with zero attached hydrogens (tertiary/aromatic N) is 2. The van der Waals surface area contributed by atoms with Gasteiger partial charge in [-0.2, -0.15) is 0 Å². The molecular weight excluding hydrogens is 657 g/mol. The molecule has 3 fully saturated rings. The highest BCUT2D eigenvalue weighted by molar-refractivity contribution is 8.14. The monoisotopic (exact) mass is 697 g/mol. The average molecular weight is 698 g/mol. The van der Waals surface area contributed by atoms with Gasteiger partial charge in [0.2, 0.25) is 0 Å². The zero-order valence-electron chi connectivity index (χ0n) is 26.6. The summed E-state index contributed by atoms with van der Waals surface area (Å²) in [6, 6.07) is 18.0. The van der Waals surface area contributed by atoms with Gasteiger partial charge in [0.1, 0.15) is 17.8 Å². The van der Waals surface area contributed by atoms with E-state index in [1.54, 1.807) is 38.1 Å². The van der Waals surface area contributed by atoms with Crippen molar-refractivity contribution >= 4 is 64.1 Å². The summed E-state index contributed by atoms with van der Waals surface area (Å²) in [7, 11) is 0. The Morgan fingerprint density at radius 2 is 1.60 bits per heavy atom. The average Bonchev–Trinajstić information content (AvgIpc) is 3.77. The van der Waals surface area contributed by atoms with E-state index in [1.807, 2.05) is 29.2 Å². The Labute approximate surface area is 290 Å². The number of aromatic nitrogens is 1. The fourth-order valence-electron chi connectivity index (χ4n) is 5.89. The van der Waals surface area contributed by atoms with E-state index in [1.165, 1.54) is 47.0 Å². The number of carbonyl (C=O) groups excluding carboxylic acids is 3. The van der Waals surface area contributed by atoms with E-state index < -0.39 is 6.04 Å². The van der Waals surface area contributed by atoms with Crippen LogP contribution in [0.15, 0.2) is 82.6 Å². The molecule has 7 nitrogen and oxygen atoms in total. The summed E-state index contributed by atoms with van der Waals surface area (Å²) >= 11 is 2.75. The predicted octanol–water partition coefficient (Wildman–Crippen LogP) is 7.40. The zero-order valence-corrected chi connectivity index (χ0v) is 29.1.